The van der Waals surface area contributed by atoms with Gasteiger partial charge in [0.1, 0.15) is 0 Å². The maximum absolute atomic E-state index is 3.49. The zero-order valence-corrected chi connectivity index (χ0v) is 12.9. The van der Waals surface area contributed by atoms with Crippen LogP contribution >= 0.6 is 11.3 Å². The Labute approximate surface area is 125 Å². The molecule has 1 aromatic heterocycles. The summed E-state index contributed by atoms with van der Waals surface area (Å²) in [5.41, 5.74) is 2.63. The minimum atomic E-state index is 0.921. The van der Waals surface area contributed by atoms with Crippen LogP contribution in [0.4, 0.5) is 5.69 Å². The molecule has 2 heterocycles. The first kappa shape index (κ1) is 13.7. The average molecular weight is 286 g/mol. The summed E-state index contributed by atoms with van der Waals surface area (Å²) in [4.78, 5) is 5.31. The summed E-state index contributed by atoms with van der Waals surface area (Å²) in [5.74, 6) is 0. The topological polar surface area (TPSA) is 15.3 Å². The summed E-state index contributed by atoms with van der Waals surface area (Å²) in [7, 11) is 0. The van der Waals surface area contributed by atoms with E-state index < -0.39 is 0 Å². The number of benzene rings is 1. The van der Waals surface area contributed by atoms with Crippen molar-refractivity contribution in [3.8, 4) is 0 Å². The SMILES string of the molecule is Cc1ccc(CNc2ccc(CN3CCCC3)cc2)s1. The van der Waals surface area contributed by atoms with Crippen LogP contribution in [-0.4, -0.2) is 18.0 Å². The van der Waals surface area contributed by atoms with Crippen LogP contribution in [0.2, 0.25) is 0 Å². The van der Waals surface area contributed by atoms with Crippen LogP contribution in [-0.2, 0) is 13.1 Å². The molecule has 0 aliphatic carbocycles. The van der Waals surface area contributed by atoms with Gasteiger partial charge in [0, 0.05) is 28.5 Å². The van der Waals surface area contributed by atoms with Gasteiger partial charge in [-0.05, 0) is 62.7 Å². The van der Waals surface area contributed by atoms with Crippen molar-refractivity contribution in [2.45, 2.75) is 32.9 Å². The second kappa shape index (κ2) is 6.42. The molecule has 3 rings (SSSR count). The lowest BCUT2D eigenvalue weighted by Gasteiger charge is -2.14. The highest BCUT2D eigenvalue weighted by atomic mass is 32.1. The van der Waals surface area contributed by atoms with Crippen molar-refractivity contribution in [1.82, 2.24) is 4.90 Å². The number of hydrogen-bond donors (Lipinski definition) is 1. The first-order valence-corrected chi connectivity index (χ1v) is 8.22. The number of thiophene rings is 1. The summed E-state index contributed by atoms with van der Waals surface area (Å²) in [6.07, 6.45) is 2.72. The molecule has 2 nitrogen and oxygen atoms in total. The number of likely N-dealkylation sites (tertiary alicyclic amines) is 1. The van der Waals surface area contributed by atoms with Gasteiger partial charge in [0.05, 0.1) is 0 Å². The van der Waals surface area contributed by atoms with Gasteiger partial charge in [-0.25, -0.2) is 0 Å². The van der Waals surface area contributed by atoms with Gasteiger partial charge in [-0.3, -0.25) is 4.90 Å². The van der Waals surface area contributed by atoms with Crippen molar-refractivity contribution in [2.75, 3.05) is 18.4 Å². The van der Waals surface area contributed by atoms with Gasteiger partial charge in [0.25, 0.3) is 0 Å². The fourth-order valence-corrected chi connectivity index (χ4v) is 3.53. The molecule has 0 saturated carbocycles. The van der Waals surface area contributed by atoms with Crippen molar-refractivity contribution in [3.63, 3.8) is 0 Å². The Morgan fingerprint density at radius 1 is 1.05 bits per heavy atom. The van der Waals surface area contributed by atoms with Gasteiger partial charge in [-0.2, -0.15) is 0 Å². The van der Waals surface area contributed by atoms with Crippen molar-refractivity contribution in [3.05, 3.63) is 51.7 Å². The number of nitrogens with one attached hydrogen (secondary N) is 1. The number of nitrogens with zero attached hydrogens (tertiary/aromatic N) is 1. The third-order valence-corrected chi connectivity index (χ3v) is 4.82. The molecule has 1 aliphatic heterocycles. The van der Waals surface area contributed by atoms with E-state index >= 15 is 0 Å². The molecule has 0 radical (unpaired) electrons. The van der Waals surface area contributed by atoms with Gasteiger partial charge in [-0.1, -0.05) is 12.1 Å². The molecule has 1 fully saturated rings. The molecule has 0 atom stereocenters. The Bertz CT molecular complexity index is 538. The van der Waals surface area contributed by atoms with Crippen molar-refractivity contribution in [2.24, 2.45) is 0 Å². The fraction of sp³-hybridized carbons (Fsp3) is 0.412. The maximum Gasteiger partial charge on any atom is 0.0494 e. The van der Waals surface area contributed by atoms with Crippen LogP contribution in [0.15, 0.2) is 36.4 Å². The Hall–Kier alpha value is -1.32. The van der Waals surface area contributed by atoms with Crippen LogP contribution in [0.1, 0.15) is 28.2 Å². The summed E-state index contributed by atoms with van der Waals surface area (Å²) in [6, 6.07) is 13.3. The number of aryl methyl sites for hydroxylation is 1. The molecule has 3 heteroatoms. The van der Waals surface area contributed by atoms with E-state index in [2.05, 4.69) is 53.5 Å². The zero-order valence-electron chi connectivity index (χ0n) is 12.1. The molecule has 1 aliphatic rings. The normalized spacial score (nSPS) is 15.7. The second-order valence-corrected chi connectivity index (χ2v) is 6.92. The molecule has 1 saturated heterocycles. The van der Waals surface area contributed by atoms with E-state index in [9.17, 15) is 0 Å². The molecule has 106 valence electrons. The highest BCUT2D eigenvalue weighted by Gasteiger charge is 2.11. The predicted octanol–water partition coefficient (Wildman–Crippen LogP) is 4.26. The van der Waals surface area contributed by atoms with Crippen LogP contribution in [0.3, 0.4) is 0 Å². The molecule has 20 heavy (non-hydrogen) atoms. The van der Waals surface area contributed by atoms with Crippen LogP contribution in [0.5, 0.6) is 0 Å². The van der Waals surface area contributed by atoms with E-state index in [1.807, 2.05) is 11.3 Å². The van der Waals surface area contributed by atoms with Gasteiger partial charge >= 0.3 is 0 Å². The van der Waals surface area contributed by atoms with E-state index in [1.54, 1.807) is 0 Å². The van der Waals surface area contributed by atoms with Gasteiger partial charge in [0.2, 0.25) is 0 Å². The molecular formula is C17H22N2S. The molecule has 0 unspecified atom stereocenters. The van der Waals surface area contributed by atoms with E-state index in [0.717, 1.165) is 13.1 Å². The lowest BCUT2D eigenvalue weighted by molar-refractivity contribution is 0.331. The largest absolute Gasteiger partial charge is 0.380 e. The molecule has 2 aromatic rings. The summed E-state index contributed by atoms with van der Waals surface area (Å²) in [5, 5.41) is 3.49. The molecule has 0 amide bonds. The predicted molar refractivity (Wildman–Crippen MR) is 87.3 cm³/mol. The number of anilines is 1. The highest BCUT2D eigenvalue weighted by molar-refractivity contribution is 7.11. The number of hydrogen-bond acceptors (Lipinski definition) is 3. The monoisotopic (exact) mass is 286 g/mol. The summed E-state index contributed by atoms with van der Waals surface area (Å²) in [6.45, 7) is 6.70. The first-order chi connectivity index (χ1) is 9.79. The average Bonchev–Trinajstić information content (AvgIpc) is 3.10. The van der Waals surface area contributed by atoms with Gasteiger partial charge < -0.3 is 5.32 Å². The maximum atomic E-state index is 3.49. The van der Waals surface area contributed by atoms with Crippen molar-refractivity contribution >= 4 is 17.0 Å². The molecule has 0 spiro atoms. The standard InChI is InChI=1S/C17H22N2S/c1-14-4-9-17(20-14)12-18-16-7-5-15(6-8-16)13-19-10-2-3-11-19/h4-9,18H,2-3,10-13H2,1H3. The Morgan fingerprint density at radius 3 is 2.45 bits per heavy atom. The molecular weight excluding hydrogens is 264 g/mol. The third kappa shape index (κ3) is 3.62. The number of rotatable bonds is 5. The van der Waals surface area contributed by atoms with E-state index in [-0.39, 0.29) is 0 Å². The first-order valence-electron chi connectivity index (χ1n) is 7.40. The smallest absolute Gasteiger partial charge is 0.0494 e. The van der Waals surface area contributed by atoms with E-state index in [1.165, 1.54) is 46.9 Å². The second-order valence-electron chi connectivity index (χ2n) is 5.55. The molecule has 0 bridgehead atoms. The van der Waals surface area contributed by atoms with E-state index in [0.29, 0.717) is 0 Å². The van der Waals surface area contributed by atoms with Crippen molar-refractivity contribution < 1.29 is 0 Å². The summed E-state index contributed by atoms with van der Waals surface area (Å²) >= 11 is 1.86. The lowest BCUT2D eigenvalue weighted by atomic mass is 10.2. The highest BCUT2D eigenvalue weighted by Crippen LogP contribution is 2.18. The Kier molecular flexibility index (Phi) is 4.38. The zero-order chi connectivity index (χ0) is 13.8. The lowest BCUT2D eigenvalue weighted by Crippen LogP contribution is -2.18. The van der Waals surface area contributed by atoms with Gasteiger partial charge in [-0.15, -0.1) is 11.3 Å². The fourth-order valence-electron chi connectivity index (χ4n) is 2.70. The third-order valence-electron chi connectivity index (χ3n) is 3.82. The van der Waals surface area contributed by atoms with Crippen LogP contribution in [0.25, 0.3) is 0 Å². The summed E-state index contributed by atoms with van der Waals surface area (Å²) < 4.78 is 0. The van der Waals surface area contributed by atoms with Crippen molar-refractivity contribution in [1.29, 1.82) is 0 Å². The van der Waals surface area contributed by atoms with Crippen LogP contribution < -0.4 is 5.32 Å². The van der Waals surface area contributed by atoms with Gasteiger partial charge in [0.15, 0.2) is 0 Å². The minimum absolute atomic E-state index is 0.921. The van der Waals surface area contributed by atoms with E-state index in [4.69, 9.17) is 0 Å². The molecule has 1 N–H and O–H groups in total. The Balaban J connectivity index is 1.52. The molecule has 1 aromatic carbocycles. The minimum Gasteiger partial charge on any atom is -0.380 e. The van der Waals surface area contributed by atoms with Crippen LogP contribution in [0, 0.1) is 6.92 Å². The quantitative estimate of drug-likeness (QED) is 0.883. The Morgan fingerprint density at radius 2 is 1.80 bits per heavy atom.